The smallest absolute Gasteiger partial charge is 0.338 e. The van der Waals surface area contributed by atoms with Crippen molar-refractivity contribution in [1.29, 1.82) is 0 Å². The molecule has 0 radical (unpaired) electrons. The van der Waals surface area contributed by atoms with Gasteiger partial charge in [-0.2, -0.15) is 0 Å². The van der Waals surface area contributed by atoms with E-state index in [2.05, 4.69) is 4.99 Å². The van der Waals surface area contributed by atoms with Crippen molar-refractivity contribution >= 4 is 46.6 Å². The molecular weight excluding hydrogens is 471 g/mol. The number of nitrogens with zero attached hydrogens (tertiary/aromatic N) is 2. The summed E-state index contributed by atoms with van der Waals surface area (Å²) in [4.78, 5) is 31.1. The summed E-state index contributed by atoms with van der Waals surface area (Å²) in [5.41, 5.74) is 2.01. The molecule has 1 atom stereocenters. The van der Waals surface area contributed by atoms with Gasteiger partial charge in [0.05, 0.1) is 46.1 Å². The lowest BCUT2D eigenvalue weighted by Crippen LogP contribution is -2.39. The van der Waals surface area contributed by atoms with Crippen molar-refractivity contribution in [3.05, 3.63) is 94.6 Å². The zero-order valence-corrected chi connectivity index (χ0v) is 19.7. The van der Waals surface area contributed by atoms with Gasteiger partial charge in [-0.1, -0.05) is 52.7 Å². The average Bonchev–Trinajstić information content (AvgIpc) is 3.09. The van der Waals surface area contributed by atoms with Gasteiger partial charge in [0.15, 0.2) is 4.80 Å². The van der Waals surface area contributed by atoms with Crippen molar-refractivity contribution in [2.24, 2.45) is 4.99 Å². The summed E-state index contributed by atoms with van der Waals surface area (Å²) < 4.78 is 12.2. The van der Waals surface area contributed by atoms with Crippen LogP contribution in [0.3, 0.4) is 0 Å². The Balaban J connectivity index is 1.95. The zero-order valence-electron chi connectivity index (χ0n) is 17.4. The molecule has 4 rings (SSSR count). The summed E-state index contributed by atoms with van der Waals surface area (Å²) in [6.45, 7) is 1.73. The second-order valence-electron chi connectivity index (χ2n) is 7.02. The number of aromatic nitrogens is 1. The number of carbonyl (C=O) groups is 1. The van der Waals surface area contributed by atoms with E-state index in [0.29, 0.717) is 36.4 Å². The number of esters is 1. The van der Waals surface area contributed by atoms with Gasteiger partial charge in [0.2, 0.25) is 0 Å². The molecule has 164 valence electrons. The third-order valence-corrected chi connectivity index (χ3v) is 6.82. The molecule has 0 bridgehead atoms. The number of methoxy groups -OCH3 is 2. The van der Waals surface area contributed by atoms with Gasteiger partial charge >= 0.3 is 5.97 Å². The van der Waals surface area contributed by atoms with Crippen molar-refractivity contribution in [2.75, 3.05) is 14.2 Å². The van der Waals surface area contributed by atoms with Crippen LogP contribution in [0.2, 0.25) is 10.0 Å². The van der Waals surface area contributed by atoms with Crippen LogP contribution in [0.25, 0.3) is 6.08 Å². The van der Waals surface area contributed by atoms with Crippen LogP contribution in [-0.2, 0) is 9.53 Å². The molecule has 0 spiro atoms. The van der Waals surface area contributed by atoms with E-state index >= 15 is 0 Å². The Bertz CT molecular complexity index is 1420. The minimum Gasteiger partial charge on any atom is -0.497 e. The van der Waals surface area contributed by atoms with E-state index in [0.717, 1.165) is 11.1 Å². The number of hydrogen-bond donors (Lipinski definition) is 0. The first-order chi connectivity index (χ1) is 15.3. The van der Waals surface area contributed by atoms with Crippen molar-refractivity contribution in [2.45, 2.75) is 13.0 Å². The summed E-state index contributed by atoms with van der Waals surface area (Å²) >= 11 is 13.4. The number of thiazole rings is 1. The predicted octanol–water partition coefficient (Wildman–Crippen LogP) is 3.72. The lowest BCUT2D eigenvalue weighted by Gasteiger charge is -2.24. The summed E-state index contributed by atoms with van der Waals surface area (Å²) in [7, 11) is 2.88. The zero-order chi connectivity index (χ0) is 23.0. The van der Waals surface area contributed by atoms with Gasteiger partial charge in [-0.3, -0.25) is 9.36 Å². The Morgan fingerprint density at radius 3 is 2.47 bits per heavy atom. The van der Waals surface area contributed by atoms with Crippen molar-refractivity contribution in [3.63, 3.8) is 0 Å². The molecule has 3 aromatic rings. The summed E-state index contributed by atoms with van der Waals surface area (Å²) in [5.74, 6) is 0.131. The number of ether oxygens (including phenoxy) is 2. The van der Waals surface area contributed by atoms with Crippen LogP contribution in [0.1, 0.15) is 24.1 Å². The number of hydrogen-bond acceptors (Lipinski definition) is 6. The van der Waals surface area contributed by atoms with Crippen LogP contribution in [0, 0.1) is 0 Å². The van der Waals surface area contributed by atoms with E-state index in [9.17, 15) is 9.59 Å². The minimum absolute atomic E-state index is 0.269. The molecule has 1 aromatic heterocycles. The molecule has 2 aromatic carbocycles. The highest BCUT2D eigenvalue weighted by molar-refractivity contribution is 7.07. The highest BCUT2D eigenvalue weighted by Gasteiger charge is 2.33. The molecule has 0 unspecified atom stereocenters. The summed E-state index contributed by atoms with van der Waals surface area (Å²) in [5, 5.41) is 0.830. The Morgan fingerprint density at radius 2 is 1.84 bits per heavy atom. The van der Waals surface area contributed by atoms with Gasteiger partial charge in [0.1, 0.15) is 5.75 Å². The van der Waals surface area contributed by atoms with E-state index in [-0.39, 0.29) is 5.56 Å². The molecule has 0 saturated heterocycles. The fourth-order valence-electron chi connectivity index (χ4n) is 3.55. The second kappa shape index (κ2) is 8.94. The van der Waals surface area contributed by atoms with Crippen molar-refractivity contribution in [3.8, 4) is 5.75 Å². The molecule has 0 saturated carbocycles. The molecular formula is C23H18Cl2N2O4S. The van der Waals surface area contributed by atoms with Crippen molar-refractivity contribution < 1.29 is 14.3 Å². The van der Waals surface area contributed by atoms with Gasteiger partial charge in [-0.15, -0.1) is 0 Å². The maximum absolute atomic E-state index is 13.5. The molecule has 9 heteroatoms. The normalized spacial score (nSPS) is 15.9. The quantitative estimate of drug-likeness (QED) is 0.524. The highest BCUT2D eigenvalue weighted by atomic mass is 35.5. The fraction of sp³-hybridized carbons (Fsp3) is 0.174. The second-order valence-corrected chi connectivity index (χ2v) is 8.84. The first-order valence-corrected chi connectivity index (χ1v) is 11.1. The monoisotopic (exact) mass is 488 g/mol. The van der Waals surface area contributed by atoms with Gasteiger partial charge in [-0.05, 0) is 48.4 Å². The van der Waals surface area contributed by atoms with Gasteiger partial charge in [0, 0.05) is 0 Å². The van der Waals surface area contributed by atoms with Crippen LogP contribution in [0.4, 0.5) is 0 Å². The van der Waals surface area contributed by atoms with Crippen LogP contribution in [0.5, 0.6) is 5.75 Å². The summed E-state index contributed by atoms with van der Waals surface area (Å²) in [6.07, 6.45) is 1.73. The Morgan fingerprint density at radius 1 is 1.12 bits per heavy atom. The first kappa shape index (κ1) is 22.3. The van der Waals surface area contributed by atoms with E-state index in [1.807, 2.05) is 12.1 Å². The van der Waals surface area contributed by atoms with E-state index in [1.54, 1.807) is 50.4 Å². The van der Waals surface area contributed by atoms with E-state index in [4.69, 9.17) is 32.7 Å². The van der Waals surface area contributed by atoms with Gasteiger partial charge < -0.3 is 9.47 Å². The van der Waals surface area contributed by atoms with Crippen LogP contribution < -0.4 is 19.6 Å². The standard InChI is InChI=1S/C23H18Cl2N2O4S/c1-12-19(22(29)31-3)20(14-5-7-15(30-2)8-6-14)27-21(28)18(32-23(27)26-12)11-13-4-9-16(24)17(25)10-13/h4-11,20H,1-3H3/t20-/m0/s1. The topological polar surface area (TPSA) is 69.9 Å². The molecule has 0 N–H and O–H groups in total. The van der Waals surface area contributed by atoms with Gasteiger partial charge in [-0.25, -0.2) is 9.79 Å². The molecule has 0 amide bonds. The number of halogens is 2. The van der Waals surface area contributed by atoms with E-state index in [1.165, 1.54) is 23.0 Å². The number of benzene rings is 2. The molecule has 6 nitrogen and oxygen atoms in total. The molecule has 0 fully saturated rings. The number of fused-ring (bicyclic) bond motifs is 1. The first-order valence-electron chi connectivity index (χ1n) is 9.54. The minimum atomic E-state index is -0.680. The number of allylic oxidation sites excluding steroid dienone is 1. The third kappa shape index (κ3) is 3.99. The SMILES string of the molecule is COC(=O)C1=C(C)N=c2sc(=Cc3ccc(Cl)c(Cl)c3)c(=O)n2[C@H]1c1ccc(OC)cc1. The van der Waals surface area contributed by atoms with Crippen LogP contribution >= 0.6 is 34.5 Å². The molecule has 0 aliphatic carbocycles. The fourth-order valence-corrected chi connectivity index (χ4v) is 4.90. The predicted molar refractivity (Wildman–Crippen MR) is 125 cm³/mol. The molecule has 1 aliphatic heterocycles. The number of rotatable bonds is 4. The Kier molecular flexibility index (Phi) is 6.24. The van der Waals surface area contributed by atoms with Crippen LogP contribution in [-0.4, -0.2) is 24.8 Å². The highest BCUT2D eigenvalue weighted by Crippen LogP contribution is 2.31. The van der Waals surface area contributed by atoms with Crippen molar-refractivity contribution in [1.82, 2.24) is 4.57 Å². The lowest BCUT2D eigenvalue weighted by molar-refractivity contribution is -0.136. The van der Waals surface area contributed by atoms with Crippen LogP contribution in [0.15, 0.2) is 63.5 Å². The maximum Gasteiger partial charge on any atom is 0.338 e. The number of carbonyl (C=O) groups excluding carboxylic acids is 1. The van der Waals surface area contributed by atoms with E-state index < -0.39 is 12.0 Å². The average molecular weight is 489 g/mol. The molecule has 2 heterocycles. The molecule has 32 heavy (non-hydrogen) atoms. The third-order valence-electron chi connectivity index (χ3n) is 5.10. The Labute approximate surface area is 197 Å². The molecule has 1 aliphatic rings. The summed E-state index contributed by atoms with van der Waals surface area (Å²) in [6, 6.07) is 11.7. The largest absolute Gasteiger partial charge is 0.497 e. The Hall–Kier alpha value is -2.87. The maximum atomic E-state index is 13.5. The lowest BCUT2D eigenvalue weighted by atomic mass is 9.96. The van der Waals surface area contributed by atoms with Gasteiger partial charge in [0.25, 0.3) is 5.56 Å².